The SMILES string of the molecule is Cc1cccc(Cl)c1N1CC=C[C@]23S[C@]4(C)C=CCN(C)C(=O)[C@@H]4[C@H]2C(=O)N([C@H](C)CO)C3C1=O. The van der Waals surface area contributed by atoms with Crippen LogP contribution in [0.2, 0.25) is 5.02 Å². The van der Waals surface area contributed by atoms with Crippen LogP contribution in [0.1, 0.15) is 19.4 Å². The number of para-hydroxylation sites is 1. The van der Waals surface area contributed by atoms with Crippen molar-refractivity contribution >= 4 is 46.8 Å². The number of aliphatic hydroxyl groups is 1. The van der Waals surface area contributed by atoms with E-state index in [-0.39, 0.29) is 24.3 Å². The van der Waals surface area contributed by atoms with Crippen LogP contribution in [-0.4, -0.2) is 80.9 Å². The lowest BCUT2D eigenvalue weighted by molar-refractivity contribution is -0.144. The molecule has 0 radical (unpaired) electrons. The predicted molar refractivity (Wildman–Crippen MR) is 137 cm³/mol. The molecule has 0 bridgehead atoms. The third kappa shape index (κ3) is 3.33. The molecule has 0 aromatic heterocycles. The van der Waals surface area contributed by atoms with E-state index >= 15 is 0 Å². The zero-order valence-corrected chi connectivity index (χ0v) is 21.8. The molecule has 5 rings (SSSR count). The van der Waals surface area contributed by atoms with Gasteiger partial charge in [0.15, 0.2) is 0 Å². The van der Waals surface area contributed by atoms with E-state index in [9.17, 15) is 19.5 Å². The Kier molecular flexibility index (Phi) is 5.85. The number of carbonyl (C=O) groups excluding carboxylic acids is 3. The van der Waals surface area contributed by atoms with Crippen LogP contribution in [0.4, 0.5) is 5.69 Å². The van der Waals surface area contributed by atoms with Gasteiger partial charge in [-0.25, -0.2) is 0 Å². The summed E-state index contributed by atoms with van der Waals surface area (Å²) in [6, 6.07) is 4.03. The molecule has 1 aromatic carbocycles. The number of likely N-dealkylation sites (N-methyl/N-ethyl adjacent to an activating group) is 1. The van der Waals surface area contributed by atoms with E-state index in [2.05, 4.69) is 0 Å². The lowest BCUT2D eigenvalue weighted by Crippen LogP contribution is -2.56. The van der Waals surface area contributed by atoms with Gasteiger partial charge >= 0.3 is 0 Å². The van der Waals surface area contributed by atoms with Crippen LogP contribution in [0.5, 0.6) is 0 Å². The number of amides is 3. The molecular weight excluding hydrogens is 486 g/mol. The van der Waals surface area contributed by atoms with E-state index in [1.165, 1.54) is 16.7 Å². The quantitative estimate of drug-likeness (QED) is 0.626. The fourth-order valence-electron chi connectivity index (χ4n) is 6.31. The highest BCUT2D eigenvalue weighted by Gasteiger charge is 2.74. The fraction of sp³-hybridized carbons (Fsp3) is 0.500. The molecule has 2 saturated heterocycles. The summed E-state index contributed by atoms with van der Waals surface area (Å²) in [6.45, 7) is 6.13. The second-order valence-electron chi connectivity index (χ2n) is 10.2. The van der Waals surface area contributed by atoms with Crippen LogP contribution in [0.25, 0.3) is 0 Å². The van der Waals surface area contributed by atoms with E-state index in [4.69, 9.17) is 11.6 Å². The minimum atomic E-state index is -0.945. The number of thioether (sulfide) groups is 1. The monoisotopic (exact) mass is 515 g/mol. The smallest absolute Gasteiger partial charge is 0.251 e. The summed E-state index contributed by atoms with van der Waals surface area (Å²) in [5, 5.41) is 10.5. The van der Waals surface area contributed by atoms with Gasteiger partial charge in [-0.1, -0.05) is 48.0 Å². The summed E-state index contributed by atoms with van der Waals surface area (Å²) in [6.07, 6.45) is 7.89. The average molecular weight is 516 g/mol. The second kappa shape index (κ2) is 8.39. The molecule has 9 heteroatoms. The van der Waals surface area contributed by atoms with Crippen molar-refractivity contribution in [2.45, 2.75) is 42.3 Å². The van der Waals surface area contributed by atoms with Crippen molar-refractivity contribution in [2.24, 2.45) is 11.8 Å². The Balaban J connectivity index is 1.70. The zero-order chi connectivity index (χ0) is 25.3. The Morgan fingerprint density at radius 3 is 2.51 bits per heavy atom. The highest BCUT2D eigenvalue weighted by molar-refractivity contribution is 8.02. The van der Waals surface area contributed by atoms with Gasteiger partial charge in [0.25, 0.3) is 5.91 Å². The van der Waals surface area contributed by atoms with Gasteiger partial charge in [0.2, 0.25) is 11.8 Å². The number of aliphatic hydroxyl groups excluding tert-OH is 1. The van der Waals surface area contributed by atoms with Gasteiger partial charge in [0.05, 0.1) is 39.9 Å². The Hall–Kier alpha value is -2.29. The van der Waals surface area contributed by atoms with Crippen LogP contribution in [0.15, 0.2) is 42.5 Å². The topological polar surface area (TPSA) is 81.2 Å². The van der Waals surface area contributed by atoms with E-state index < -0.39 is 33.4 Å². The number of hydrogen-bond acceptors (Lipinski definition) is 5. The Morgan fingerprint density at radius 2 is 1.83 bits per heavy atom. The van der Waals surface area contributed by atoms with Crippen LogP contribution in [0.3, 0.4) is 0 Å². The maximum Gasteiger partial charge on any atom is 0.251 e. The van der Waals surface area contributed by atoms with Gasteiger partial charge in [0, 0.05) is 24.9 Å². The van der Waals surface area contributed by atoms with E-state index in [0.29, 0.717) is 23.8 Å². The highest BCUT2D eigenvalue weighted by Crippen LogP contribution is 2.65. The van der Waals surface area contributed by atoms with Crippen molar-refractivity contribution in [2.75, 3.05) is 31.6 Å². The molecule has 1 unspecified atom stereocenters. The maximum atomic E-state index is 14.4. The molecule has 2 fully saturated rings. The predicted octanol–water partition coefficient (Wildman–Crippen LogP) is 2.65. The molecule has 35 heavy (non-hydrogen) atoms. The molecule has 4 aliphatic rings. The number of fused-ring (bicyclic) bond motifs is 2. The largest absolute Gasteiger partial charge is 0.394 e. The summed E-state index contributed by atoms with van der Waals surface area (Å²) in [5.74, 6) is -1.94. The summed E-state index contributed by atoms with van der Waals surface area (Å²) in [7, 11) is 1.75. The number of likely N-dealkylation sites (tertiary alicyclic amines) is 1. The first-order valence-electron chi connectivity index (χ1n) is 11.9. The fourth-order valence-corrected chi connectivity index (χ4v) is 8.78. The van der Waals surface area contributed by atoms with Gasteiger partial charge in [0.1, 0.15) is 6.04 Å². The number of rotatable bonds is 3. The number of hydrogen-bond donors (Lipinski definition) is 1. The molecular formula is C26H30ClN3O4S. The van der Waals surface area contributed by atoms with E-state index in [0.717, 1.165) is 5.56 Å². The second-order valence-corrected chi connectivity index (χ2v) is 12.4. The number of anilines is 1. The summed E-state index contributed by atoms with van der Waals surface area (Å²) >= 11 is 8.09. The van der Waals surface area contributed by atoms with E-state index in [1.54, 1.807) is 29.8 Å². The molecule has 7 nitrogen and oxygen atoms in total. The third-order valence-corrected chi connectivity index (χ3v) is 10.00. The molecule has 6 atom stereocenters. The Labute approximate surface area is 214 Å². The maximum absolute atomic E-state index is 14.4. The molecule has 1 spiro atoms. The molecule has 0 saturated carbocycles. The van der Waals surface area contributed by atoms with Crippen LogP contribution < -0.4 is 4.90 Å². The van der Waals surface area contributed by atoms with Gasteiger partial charge < -0.3 is 19.8 Å². The highest BCUT2D eigenvalue weighted by atomic mass is 35.5. The van der Waals surface area contributed by atoms with Crippen molar-refractivity contribution in [1.82, 2.24) is 9.80 Å². The normalized spacial score (nSPS) is 35.1. The van der Waals surface area contributed by atoms with Crippen molar-refractivity contribution in [3.8, 4) is 0 Å². The lowest BCUT2D eigenvalue weighted by Gasteiger charge is -2.39. The summed E-state index contributed by atoms with van der Waals surface area (Å²) in [4.78, 5) is 46.9. The van der Waals surface area contributed by atoms with Crippen molar-refractivity contribution in [3.63, 3.8) is 0 Å². The molecule has 4 heterocycles. The number of nitrogens with zero attached hydrogens (tertiary/aromatic N) is 3. The summed E-state index contributed by atoms with van der Waals surface area (Å²) < 4.78 is -1.59. The minimum Gasteiger partial charge on any atom is -0.394 e. The van der Waals surface area contributed by atoms with Gasteiger partial charge in [-0.3, -0.25) is 14.4 Å². The lowest BCUT2D eigenvalue weighted by atomic mass is 9.74. The van der Waals surface area contributed by atoms with Gasteiger partial charge in [-0.2, -0.15) is 0 Å². The van der Waals surface area contributed by atoms with E-state index in [1.807, 2.05) is 50.3 Å². The third-order valence-electron chi connectivity index (χ3n) is 7.89. The van der Waals surface area contributed by atoms with Crippen LogP contribution >= 0.6 is 23.4 Å². The van der Waals surface area contributed by atoms with Crippen LogP contribution in [0, 0.1) is 18.8 Å². The van der Waals surface area contributed by atoms with Crippen molar-refractivity contribution in [3.05, 3.63) is 53.1 Å². The zero-order valence-electron chi connectivity index (χ0n) is 20.3. The Morgan fingerprint density at radius 1 is 1.11 bits per heavy atom. The molecule has 1 aromatic rings. The number of halogens is 1. The first-order chi connectivity index (χ1) is 16.6. The molecule has 1 N–H and O–H groups in total. The van der Waals surface area contributed by atoms with Crippen LogP contribution in [-0.2, 0) is 14.4 Å². The van der Waals surface area contributed by atoms with Gasteiger partial charge in [-0.05, 0) is 32.4 Å². The number of benzene rings is 1. The molecule has 186 valence electrons. The first-order valence-corrected chi connectivity index (χ1v) is 13.1. The van der Waals surface area contributed by atoms with Gasteiger partial charge in [-0.15, -0.1) is 11.8 Å². The average Bonchev–Trinajstić information content (AvgIpc) is 3.10. The molecule has 3 amide bonds. The Bertz CT molecular complexity index is 1150. The standard InChI is InChI=1S/C26H30ClN3O4S/c1-15-8-5-9-17(27)20(15)29-13-7-11-26-19(23(33)30(16(2)14-31)21(26)24(29)34)18-22(32)28(4)12-6-10-25(18,3)35-26/h5-11,16,18-19,21,31H,12-14H2,1-4H3/t16-,18+,19+,21?,25-,26+/m1/s1. The molecule has 0 aliphatic carbocycles. The molecule has 4 aliphatic heterocycles. The minimum absolute atomic E-state index is 0.0959. The first kappa shape index (κ1) is 24.4. The summed E-state index contributed by atoms with van der Waals surface area (Å²) in [5.41, 5.74) is 1.47. The van der Waals surface area contributed by atoms with Crippen molar-refractivity contribution in [1.29, 1.82) is 0 Å². The van der Waals surface area contributed by atoms with Crippen molar-refractivity contribution < 1.29 is 19.5 Å². The number of aryl methyl sites for hydroxylation is 1. The number of carbonyl (C=O) groups is 3.